The summed E-state index contributed by atoms with van der Waals surface area (Å²) in [5.74, 6) is -2.32. The van der Waals surface area contributed by atoms with Gasteiger partial charge in [-0.1, -0.05) is 13.8 Å². The number of nitrogens with one attached hydrogen (secondary N) is 1. The Kier molecular flexibility index (Phi) is 5.95. The Morgan fingerprint density at radius 3 is 2.22 bits per heavy atom. The van der Waals surface area contributed by atoms with Crippen LogP contribution in [0.1, 0.15) is 37.6 Å². The lowest BCUT2D eigenvalue weighted by molar-refractivity contribution is -0.138. The number of amides is 1. The molecule has 0 bridgehead atoms. The summed E-state index contributed by atoms with van der Waals surface area (Å²) in [5.41, 5.74) is -1.25. The summed E-state index contributed by atoms with van der Waals surface area (Å²) in [6, 6.07) is 2.28. The summed E-state index contributed by atoms with van der Waals surface area (Å²) in [4.78, 5) is 23.4. The van der Waals surface area contributed by atoms with Crippen molar-refractivity contribution in [3.05, 3.63) is 23.5 Å². The zero-order chi connectivity index (χ0) is 17.8. The number of methoxy groups -OCH3 is 2. The molecule has 1 rings (SSSR count). The lowest BCUT2D eigenvalue weighted by Crippen LogP contribution is -2.51. The van der Waals surface area contributed by atoms with Crippen LogP contribution < -0.4 is 14.8 Å². The highest BCUT2D eigenvalue weighted by Crippen LogP contribution is 2.30. The van der Waals surface area contributed by atoms with E-state index in [1.54, 1.807) is 20.8 Å². The van der Waals surface area contributed by atoms with E-state index in [0.717, 1.165) is 6.07 Å². The van der Waals surface area contributed by atoms with Crippen LogP contribution in [-0.2, 0) is 4.79 Å². The third-order valence-electron chi connectivity index (χ3n) is 3.91. The molecule has 0 fully saturated rings. The maximum Gasteiger partial charge on any atom is 0.305 e. The molecule has 0 saturated heterocycles. The Hall–Kier alpha value is -2.31. The van der Waals surface area contributed by atoms with Crippen LogP contribution in [0.15, 0.2) is 12.1 Å². The molecule has 6 nitrogen and oxygen atoms in total. The van der Waals surface area contributed by atoms with E-state index in [4.69, 9.17) is 14.6 Å². The Morgan fingerprint density at radius 2 is 1.78 bits per heavy atom. The van der Waals surface area contributed by atoms with Crippen molar-refractivity contribution in [1.29, 1.82) is 0 Å². The van der Waals surface area contributed by atoms with Crippen LogP contribution in [0.3, 0.4) is 0 Å². The van der Waals surface area contributed by atoms with E-state index in [-0.39, 0.29) is 29.4 Å². The zero-order valence-electron chi connectivity index (χ0n) is 13.9. The van der Waals surface area contributed by atoms with Crippen LogP contribution in [0.25, 0.3) is 0 Å². The molecule has 1 aromatic rings. The summed E-state index contributed by atoms with van der Waals surface area (Å²) in [6.45, 7) is 5.19. The second-order valence-electron chi connectivity index (χ2n) is 5.78. The summed E-state index contributed by atoms with van der Waals surface area (Å²) in [7, 11) is 2.74. The monoisotopic (exact) mass is 327 g/mol. The number of ether oxygens (including phenoxy) is 2. The van der Waals surface area contributed by atoms with E-state index in [9.17, 15) is 14.0 Å². The largest absolute Gasteiger partial charge is 0.493 e. The van der Waals surface area contributed by atoms with Gasteiger partial charge in [0.25, 0.3) is 5.91 Å². The number of benzene rings is 1. The normalized spacial score (nSPS) is 13.3. The smallest absolute Gasteiger partial charge is 0.305 e. The van der Waals surface area contributed by atoms with Gasteiger partial charge in [0.15, 0.2) is 11.5 Å². The van der Waals surface area contributed by atoms with Gasteiger partial charge in [0.05, 0.1) is 31.7 Å². The van der Waals surface area contributed by atoms with Gasteiger partial charge in [-0.3, -0.25) is 9.59 Å². The van der Waals surface area contributed by atoms with Crippen LogP contribution in [0.5, 0.6) is 11.5 Å². The highest BCUT2D eigenvalue weighted by molar-refractivity contribution is 5.96. The summed E-state index contributed by atoms with van der Waals surface area (Å²) < 4.78 is 24.2. The van der Waals surface area contributed by atoms with Gasteiger partial charge in [-0.15, -0.1) is 0 Å². The number of halogens is 1. The number of hydrogen-bond acceptors (Lipinski definition) is 4. The Labute approximate surface area is 134 Å². The lowest BCUT2D eigenvalue weighted by atomic mass is 9.85. The molecule has 0 saturated carbocycles. The average Bonchev–Trinajstić information content (AvgIpc) is 2.45. The van der Waals surface area contributed by atoms with E-state index in [1.165, 1.54) is 20.3 Å². The average molecular weight is 327 g/mol. The van der Waals surface area contributed by atoms with Gasteiger partial charge in [-0.25, -0.2) is 4.39 Å². The number of hydrogen-bond donors (Lipinski definition) is 2. The Balaban J connectivity index is 3.16. The topological polar surface area (TPSA) is 84.9 Å². The fourth-order valence-electron chi connectivity index (χ4n) is 2.06. The molecule has 0 aliphatic rings. The minimum atomic E-state index is -1.05. The first-order chi connectivity index (χ1) is 10.6. The van der Waals surface area contributed by atoms with Crippen molar-refractivity contribution in [3.63, 3.8) is 0 Å². The molecular weight excluding hydrogens is 305 g/mol. The molecule has 0 aliphatic carbocycles. The molecule has 128 valence electrons. The SMILES string of the molecule is COc1cc(F)c(C(=O)NC(C)(CC(=O)O)C(C)C)cc1OC. The lowest BCUT2D eigenvalue weighted by Gasteiger charge is -2.33. The number of aliphatic carboxylic acids is 1. The highest BCUT2D eigenvalue weighted by Gasteiger charge is 2.34. The second-order valence-corrected chi connectivity index (χ2v) is 5.78. The molecule has 7 heteroatoms. The standard InChI is InChI=1S/C16H22FNO5/c1-9(2)16(3,8-14(19)20)18-15(21)10-6-12(22-4)13(23-5)7-11(10)17/h6-7,9H,8H2,1-5H3,(H,18,21)(H,19,20). The summed E-state index contributed by atoms with van der Waals surface area (Å²) >= 11 is 0. The van der Waals surface area contributed by atoms with E-state index in [0.29, 0.717) is 0 Å². The predicted octanol–water partition coefficient (Wildman–Crippen LogP) is 2.46. The molecule has 1 amide bonds. The number of rotatable bonds is 7. The number of carboxylic acid groups (broad SMARTS) is 1. The summed E-state index contributed by atoms with van der Waals surface area (Å²) in [5, 5.41) is 11.6. The third kappa shape index (κ3) is 4.34. The van der Waals surface area contributed by atoms with Crippen molar-refractivity contribution in [1.82, 2.24) is 5.32 Å². The quantitative estimate of drug-likeness (QED) is 0.803. The molecule has 1 atom stereocenters. The fraction of sp³-hybridized carbons (Fsp3) is 0.500. The first kappa shape index (κ1) is 18.7. The minimum absolute atomic E-state index is 0.161. The maximum atomic E-state index is 14.1. The van der Waals surface area contributed by atoms with Crippen LogP contribution in [0, 0.1) is 11.7 Å². The van der Waals surface area contributed by atoms with Crippen molar-refractivity contribution in [2.24, 2.45) is 5.92 Å². The van der Waals surface area contributed by atoms with Gasteiger partial charge >= 0.3 is 5.97 Å². The van der Waals surface area contributed by atoms with Crippen molar-refractivity contribution >= 4 is 11.9 Å². The van der Waals surface area contributed by atoms with E-state index >= 15 is 0 Å². The summed E-state index contributed by atoms with van der Waals surface area (Å²) in [6.07, 6.45) is -0.273. The van der Waals surface area contributed by atoms with Crippen molar-refractivity contribution in [2.75, 3.05) is 14.2 Å². The maximum absolute atomic E-state index is 14.1. The van der Waals surface area contributed by atoms with E-state index in [1.807, 2.05) is 0 Å². The molecule has 2 N–H and O–H groups in total. The van der Waals surface area contributed by atoms with Crippen LogP contribution in [0.2, 0.25) is 0 Å². The first-order valence-electron chi connectivity index (χ1n) is 7.10. The molecule has 0 aromatic heterocycles. The van der Waals surface area contributed by atoms with Gasteiger partial charge in [0, 0.05) is 6.07 Å². The molecule has 0 spiro atoms. The Bertz CT molecular complexity index is 602. The molecule has 23 heavy (non-hydrogen) atoms. The molecule has 0 heterocycles. The van der Waals surface area contributed by atoms with Crippen molar-refractivity contribution in [3.8, 4) is 11.5 Å². The van der Waals surface area contributed by atoms with Crippen LogP contribution >= 0.6 is 0 Å². The fourth-order valence-corrected chi connectivity index (χ4v) is 2.06. The molecule has 0 radical (unpaired) electrons. The predicted molar refractivity (Wildman–Crippen MR) is 82.5 cm³/mol. The van der Waals surface area contributed by atoms with E-state index < -0.39 is 23.2 Å². The minimum Gasteiger partial charge on any atom is -0.493 e. The number of carbonyl (C=O) groups is 2. The highest BCUT2D eigenvalue weighted by atomic mass is 19.1. The second kappa shape index (κ2) is 7.30. The number of carboxylic acids is 1. The molecular formula is C16H22FNO5. The molecule has 1 unspecified atom stereocenters. The first-order valence-corrected chi connectivity index (χ1v) is 7.10. The molecule has 0 aliphatic heterocycles. The molecule has 1 aromatic carbocycles. The number of carbonyl (C=O) groups excluding carboxylic acids is 1. The van der Waals surface area contributed by atoms with Gasteiger partial charge < -0.3 is 19.9 Å². The Morgan fingerprint density at radius 1 is 1.26 bits per heavy atom. The third-order valence-corrected chi connectivity index (χ3v) is 3.91. The van der Waals surface area contributed by atoms with Gasteiger partial charge in [-0.05, 0) is 18.9 Å². The van der Waals surface area contributed by atoms with Gasteiger partial charge in [0.1, 0.15) is 5.82 Å². The van der Waals surface area contributed by atoms with Gasteiger partial charge in [0.2, 0.25) is 0 Å². The van der Waals surface area contributed by atoms with Gasteiger partial charge in [-0.2, -0.15) is 0 Å². The zero-order valence-corrected chi connectivity index (χ0v) is 13.9. The van der Waals surface area contributed by atoms with Crippen molar-refractivity contribution < 1.29 is 28.6 Å². The van der Waals surface area contributed by atoms with E-state index in [2.05, 4.69) is 5.32 Å². The van der Waals surface area contributed by atoms with Crippen LogP contribution in [0.4, 0.5) is 4.39 Å². The van der Waals surface area contributed by atoms with Crippen LogP contribution in [-0.4, -0.2) is 36.7 Å². The van der Waals surface area contributed by atoms with Crippen molar-refractivity contribution in [2.45, 2.75) is 32.7 Å².